The molecule has 17 nitrogen and oxygen atoms in total. The summed E-state index contributed by atoms with van der Waals surface area (Å²) < 4.78 is 68.9. The molecule has 0 aliphatic heterocycles. The van der Waals surface area contributed by atoms with Crippen LogP contribution in [0.4, 0.5) is 0 Å². The first-order valence-electron chi connectivity index (χ1n) is 43.8. The van der Waals surface area contributed by atoms with Gasteiger partial charge in [0, 0.05) is 25.7 Å². The zero-order valence-corrected chi connectivity index (χ0v) is 70.3. The summed E-state index contributed by atoms with van der Waals surface area (Å²) >= 11 is 0. The smallest absolute Gasteiger partial charge is 0.462 e. The Labute approximate surface area is 638 Å². The van der Waals surface area contributed by atoms with Crippen LogP contribution < -0.4 is 0 Å². The molecule has 0 aliphatic rings. The number of unbranched alkanes of at least 4 members (excludes halogenated alkanes) is 51. The fourth-order valence-corrected chi connectivity index (χ4v) is 14.8. The highest BCUT2D eigenvalue weighted by atomic mass is 31.2. The third-order valence-electron chi connectivity index (χ3n) is 19.9. The first-order chi connectivity index (χ1) is 50.2. The van der Waals surface area contributed by atoms with Crippen LogP contribution in [0.3, 0.4) is 0 Å². The van der Waals surface area contributed by atoms with Crippen LogP contribution in [0.5, 0.6) is 0 Å². The second-order valence-electron chi connectivity index (χ2n) is 32.0. The molecule has 0 aromatic rings. The SMILES string of the molecule is CCCCCCCCCCCCCCC(=O)OC[C@H](COP(=O)(O)OC[C@H](O)COP(=O)(O)OC[C@@H](COC(=O)CCCCCCCCCCCCCCCCC(C)C)OC(=O)CCCCCCCCCCCCCCCCCC(C)C)OC(=O)CCCCCCCCCCCCCCCCC(C)C. The monoisotopic (exact) mass is 1520 g/mol. The molecule has 3 N–H and O–H groups in total. The Balaban J connectivity index is 5.26. The van der Waals surface area contributed by atoms with Crippen LogP contribution in [0.15, 0.2) is 0 Å². The van der Waals surface area contributed by atoms with Gasteiger partial charge in [0.25, 0.3) is 0 Å². The van der Waals surface area contributed by atoms with Crippen molar-refractivity contribution in [2.45, 2.75) is 465 Å². The molecule has 0 aromatic carbocycles. The maximum Gasteiger partial charge on any atom is 0.472 e. The number of phosphoric ester groups is 2. The molecule has 0 saturated heterocycles. The molecule has 0 rings (SSSR count). The molecule has 2 unspecified atom stereocenters. The van der Waals surface area contributed by atoms with Crippen molar-refractivity contribution in [2.75, 3.05) is 39.6 Å². The lowest BCUT2D eigenvalue weighted by atomic mass is 10.0. The maximum absolute atomic E-state index is 13.1. The number of carbonyl (C=O) groups excluding carboxylic acids is 4. The maximum atomic E-state index is 13.1. The lowest BCUT2D eigenvalue weighted by Crippen LogP contribution is -2.30. The van der Waals surface area contributed by atoms with Crippen molar-refractivity contribution in [2.24, 2.45) is 17.8 Å². The van der Waals surface area contributed by atoms with E-state index in [1.807, 2.05) is 0 Å². The molecule has 0 fully saturated rings. The summed E-state index contributed by atoms with van der Waals surface area (Å²) in [7, 11) is -9.93. The van der Waals surface area contributed by atoms with Gasteiger partial charge in [0.05, 0.1) is 26.4 Å². The molecular weight excluding hydrogens is 1350 g/mol. The lowest BCUT2D eigenvalue weighted by molar-refractivity contribution is -0.161. The third kappa shape index (κ3) is 78.2. The molecule has 19 heteroatoms. The number of aliphatic hydroxyl groups is 1. The second kappa shape index (κ2) is 75.1. The fraction of sp³-hybridized carbons (Fsp3) is 0.953. The van der Waals surface area contributed by atoms with Crippen LogP contribution in [0.1, 0.15) is 447 Å². The summed E-state index contributed by atoms with van der Waals surface area (Å²) in [5.41, 5.74) is 0. The minimum Gasteiger partial charge on any atom is -0.462 e. The quantitative estimate of drug-likeness (QED) is 0.0222. The number of rotatable bonds is 83. The molecule has 104 heavy (non-hydrogen) atoms. The van der Waals surface area contributed by atoms with Gasteiger partial charge < -0.3 is 33.8 Å². The zero-order valence-electron chi connectivity index (χ0n) is 68.5. The van der Waals surface area contributed by atoms with Crippen LogP contribution in [0, 0.1) is 17.8 Å². The van der Waals surface area contributed by atoms with Gasteiger partial charge in [-0.2, -0.15) is 0 Å². The predicted molar refractivity (Wildman–Crippen MR) is 428 cm³/mol. The highest BCUT2D eigenvalue weighted by molar-refractivity contribution is 7.47. The summed E-state index contributed by atoms with van der Waals surface area (Å²) in [4.78, 5) is 73.2. The van der Waals surface area contributed by atoms with Crippen molar-refractivity contribution in [3.8, 4) is 0 Å². The molecule has 0 radical (unpaired) electrons. The van der Waals surface area contributed by atoms with E-state index in [-0.39, 0.29) is 25.7 Å². The molecule has 0 bridgehead atoms. The summed E-state index contributed by atoms with van der Waals surface area (Å²) in [5, 5.41) is 10.7. The number of ether oxygens (including phenoxy) is 4. The summed E-state index contributed by atoms with van der Waals surface area (Å²) in [6.07, 6.45) is 65.1. The van der Waals surface area contributed by atoms with Crippen LogP contribution in [0.25, 0.3) is 0 Å². The predicted octanol–water partition coefficient (Wildman–Crippen LogP) is 25.7. The zero-order chi connectivity index (χ0) is 76.5. The molecular formula is C85H166O17P2. The van der Waals surface area contributed by atoms with E-state index in [2.05, 4.69) is 48.5 Å². The first kappa shape index (κ1) is 102. The van der Waals surface area contributed by atoms with Gasteiger partial charge in [0.1, 0.15) is 19.3 Å². The van der Waals surface area contributed by atoms with Crippen LogP contribution in [-0.2, 0) is 65.4 Å². The number of phosphoric acid groups is 2. The Morgan fingerprint density at radius 2 is 0.442 bits per heavy atom. The normalized spacial score (nSPS) is 13.9. The van der Waals surface area contributed by atoms with Gasteiger partial charge in [-0.25, -0.2) is 9.13 Å². The second-order valence-corrected chi connectivity index (χ2v) is 34.9. The Kier molecular flexibility index (Phi) is 73.7. The van der Waals surface area contributed by atoms with Gasteiger partial charge in [-0.3, -0.25) is 37.3 Å². The van der Waals surface area contributed by atoms with Crippen molar-refractivity contribution in [3.05, 3.63) is 0 Å². The van der Waals surface area contributed by atoms with Gasteiger partial charge in [-0.15, -0.1) is 0 Å². The van der Waals surface area contributed by atoms with E-state index >= 15 is 0 Å². The third-order valence-corrected chi connectivity index (χ3v) is 21.8. The molecule has 0 heterocycles. The molecule has 5 atom stereocenters. The highest BCUT2D eigenvalue weighted by Gasteiger charge is 2.30. The lowest BCUT2D eigenvalue weighted by Gasteiger charge is -2.21. The van der Waals surface area contributed by atoms with Crippen molar-refractivity contribution in [3.63, 3.8) is 0 Å². The van der Waals surface area contributed by atoms with Gasteiger partial charge in [0.15, 0.2) is 12.2 Å². The first-order valence-corrected chi connectivity index (χ1v) is 46.8. The largest absolute Gasteiger partial charge is 0.472 e. The van der Waals surface area contributed by atoms with E-state index in [0.717, 1.165) is 108 Å². The summed E-state index contributed by atoms with van der Waals surface area (Å²) in [5.74, 6) is 0.294. The van der Waals surface area contributed by atoms with E-state index in [1.54, 1.807) is 0 Å². The van der Waals surface area contributed by atoms with E-state index in [4.69, 9.17) is 37.0 Å². The minimum atomic E-state index is -4.97. The molecule has 618 valence electrons. The van der Waals surface area contributed by atoms with Crippen molar-refractivity contribution in [1.82, 2.24) is 0 Å². The summed E-state index contributed by atoms with van der Waals surface area (Å²) in [6.45, 7) is 12.0. The van der Waals surface area contributed by atoms with E-state index in [1.165, 1.54) is 257 Å². The number of carbonyl (C=O) groups is 4. The number of aliphatic hydroxyl groups excluding tert-OH is 1. The van der Waals surface area contributed by atoms with Gasteiger partial charge in [0.2, 0.25) is 0 Å². The Morgan fingerprint density at radius 1 is 0.260 bits per heavy atom. The number of esters is 4. The van der Waals surface area contributed by atoms with E-state index < -0.39 is 97.5 Å². The van der Waals surface area contributed by atoms with Crippen LogP contribution >= 0.6 is 15.6 Å². The average molecular weight is 1520 g/mol. The Hall–Kier alpha value is -1.94. The van der Waals surface area contributed by atoms with Crippen LogP contribution in [0.2, 0.25) is 0 Å². The number of hydrogen-bond donors (Lipinski definition) is 3. The van der Waals surface area contributed by atoms with Crippen molar-refractivity contribution in [1.29, 1.82) is 0 Å². The van der Waals surface area contributed by atoms with Crippen LogP contribution in [-0.4, -0.2) is 96.7 Å². The Morgan fingerprint density at radius 3 is 0.654 bits per heavy atom. The van der Waals surface area contributed by atoms with Gasteiger partial charge in [-0.1, -0.05) is 395 Å². The molecule has 0 spiro atoms. The standard InChI is InChI=1S/C85H166O17P2/c1-8-9-10-11-12-13-14-31-38-45-52-59-66-82(87)95-72-80(101-85(90)69-62-55-48-41-34-27-21-19-24-30-37-44-51-58-65-78(6)7)74-99-103(91,92)97-70-79(86)71-98-104(93,94)100-75-81(73-96-83(88)67-60-53-46-39-32-25-20-18-23-29-36-43-50-57-64-77(4)5)102-84(89)68-61-54-47-40-33-26-17-15-16-22-28-35-42-49-56-63-76(2)3/h76-81,86H,8-75H2,1-7H3,(H,91,92)(H,93,94)/t79-,80+,81+/m0/s1. The average Bonchev–Trinajstić information content (AvgIpc) is 0.910. The van der Waals surface area contributed by atoms with Crippen molar-refractivity contribution < 1.29 is 80.2 Å². The van der Waals surface area contributed by atoms with E-state index in [9.17, 15) is 43.2 Å². The molecule has 0 amide bonds. The molecule has 0 saturated carbocycles. The summed E-state index contributed by atoms with van der Waals surface area (Å²) in [6, 6.07) is 0. The fourth-order valence-electron chi connectivity index (χ4n) is 13.2. The number of hydrogen-bond acceptors (Lipinski definition) is 15. The van der Waals surface area contributed by atoms with Crippen molar-refractivity contribution >= 4 is 39.5 Å². The topological polar surface area (TPSA) is 237 Å². The Bertz CT molecular complexity index is 2010. The van der Waals surface area contributed by atoms with Gasteiger partial charge >= 0.3 is 39.5 Å². The molecule has 0 aliphatic carbocycles. The van der Waals surface area contributed by atoms with E-state index in [0.29, 0.717) is 25.7 Å². The minimum absolute atomic E-state index is 0.108. The molecule has 0 aromatic heterocycles. The van der Waals surface area contributed by atoms with Gasteiger partial charge in [-0.05, 0) is 43.4 Å². The highest BCUT2D eigenvalue weighted by Crippen LogP contribution is 2.45.